The lowest BCUT2D eigenvalue weighted by atomic mass is 10.00. The minimum absolute atomic E-state index is 0.100. The average Bonchev–Trinajstić information content (AvgIpc) is 3.61. The predicted octanol–water partition coefficient (Wildman–Crippen LogP) is -1.28. The number of phosphoric ester groups is 1. The van der Waals surface area contributed by atoms with E-state index in [0.717, 1.165) is 0 Å². The second-order valence-corrected chi connectivity index (χ2v) is 14.2. The molecule has 0 saturated carbocycles. The number of phosphoric acid groups is 1. The molecule has 6 atom stereocenters. The molecule has 0 fully saturated rings. The van der Waals surface area contributed by atoms with Crippen molar-refractivity contribution in [2.45, 2.75) is 102 Å². The summed E-state index contributed by atoms with van der Waals surface area (Å²) in [5.41, 5.74) is 12.7. The highest BCUT2D eigenvalue weighted by Crippen LogP contribution is 2.37. The second-order valence-electron chi connectivity index (χ2n) is 13.0. The fourth-order valence-corrected chi connectivity index (χ4v) is 5.50. The molecular formula is C33H52N9O11P. The molecule has 2 rings (SSSR count). The van der Waals surface area contributed by atoms with Crippen LogP contribution in [-0.4, -0.2) is 103 Å². The number of aromatic nitrogens is 2. The summed E-state index contributed by atoms with van der Waals surface area (Å²) in [6, 6.07) is -1.80. The summed E-state index contributed by atoms with van der Waals surface area (Å²) < 4.78 is 15.8. The van der Waals surface area contributed by atoms with Crippen LogP contribution in [0.5, 0.6) is 5.75 Å². The van der Waals surface area contributed by atoms with Crippen molar-refractivity contribution in [3.63, 3.8) is 0 Å². The number of carboxylic acids is 1. The number of carbonyl (C=O) groups excluding carboxylic acids is 5. The van der Waals surface area contributed by atoms with Gasteiger partial charge in [-0.1, -0.05) is 32.9 Å². The fraction of sp³-hybridized carbons (Fsp3) is 0.545. The molecule has 0 bridgehead atoms. The topological polar surface area (TPSA) is 330 Å². The van der Waals surface area contributed by atoms with Crippen molar-refractivity contribution >= 4 is 43.3 Å². The molecule has 2 aromatic rings. The van der Waals surface area contributed by atoms with Crippen molar-refractivity contribution < 1.29 is 52.7 Å². The second kappa shape index (κ2) is 21.7. The first-order chi connectivity index (χ1) is 25.3. The summed E-state index contributed by atoms with van der Waals surface area (Å²) in [5, 5.41) is 22.1. The van der Waals surface area contributed by atoms with Crippen molar-refractivity contribution in [2.75, 3.05) is 6.54 Å². The van der Waals surface area contributed by atoms with E-state index in [0.29, 0.717) is 30.6 Å². The Hall–Kier alpha value is -4.88. The third kappa shape index (κ3) is 15.6. The molecule has 1 aromatic carbocycles. The fourth-order valence-electron chi connectivity index (χ4n) is 5.10. The van der Waals surface area contributed by atoms with Gasteiger partial charge < -0.3 is 52.7 Å². The standard InChI is InChI=1S/C33H52N9O11P/c1-5-24(33(48)49)39-30(45)25(8-6-7-13-34)40-28(43)19(4)38-31(46)26(14-20-9-11-22(12-10-20)53-54(50,51)52)41-32(47)27(18(2)3)42-29(44)23(35)15-21-16-36-17-37-21/h9-12,16-19,23-27H,5-8,13-15,34-35H2,1-4H3,(H,36,37)(H,38,46)(H,39,45)(H,40,43)(H,41,47)(H,42,44)(H,48,49)(H2,50,51,52)/t19-,23-,24-,25-,26-,27-/m0/s1. The maximum Gasteiger partial charge on any atom is 0.524 e. The zero-order valence-electron chi connectivity index (χ0n) is 30.6. The van der Waals surface area contributed by atoms with E-state index in [9.17, 15) is 38.4 Å². The highest BCUT2D eigenvalue weighted by molar-refractivity contribution is 7.46. The minimum atomic E-state index is -4.85. The van der Waals surface area contributed by atoms with Gasteiger partial charge in [-0.2, -0.15) is 0 Å². The number of nitrogens with zero attached hydrogens (tertiary/aromatic N) is 1. The van der Waals surface area contributed by atoms with Gasteiger partial charge >= 0.3 is 13.8 Å². The Bertz CT molecular complexity index is 1600. The van der Waals surface area contributed by atoms with Crippen LogP contribution < -0.4 is 42.6 Å². The summed E-state index contributed by atoms with van der Waals surface area (Å²) in [5.74, 6) is -5.58. The molecule has 1 aromatic heterocycles. The quantitative estimate of drug-likeness (QED) is 0.0462. The van der Waals surface area contributed by atoms with E-state index < -0.39 is 85.5 Å². The molecule has 0 aliphatic rings. The Balaban J connectivity index is 2.28. The number of benzene rings is 1. The number of rotatable bonds is 23. The molecule has 300 valence electrons. The van der Waals surface area contributed by atoms with Gasteiger partial charge in [0.1, 0.15) is 36.0 Å². The van der Waals surface area contributed by atoms with E-state index >= 15 is 0 Å². The van der Waals surface area contributed by atoms with Gasteiger partial charge in [0, 0.05) is 24.7 Å². The zero-order chi connectivity index (χ0) is 40.6. The lowest BCUT2D eigenvalue weighted by molar-refractivity contribution is -0.142. The molecule has 0 saturated heterocycles. The lowest BCUT2D eigenvalue weighted by Crippen LogP contribution is -2.60. The molecule has 5 amide bonds. The number of hydrogen-bond acceptors (Lipinski definition) is 11. The number of aliphatic carboxylic acids is 1. The van der Waals surface area contributed by atoms with Crippen molar-refractivity contribution in [1.82, 2.24) is 36.6 Å². The number of H-pyrrole nitrogens is 1. The van der Waals surface area contributed by atoms with E-state index in [1.807, 2.05) is 0 Å². The number of amides is 5. The number of hydrogen-bond donors (Lipinski definition) is 11. The van der Waals surface area contributed by atoms with Crippen LogP contribution in [0.4, 0.5) is 0 Å². The van der Waals surface area contributed by atoms with Gasteiger partial charge in [-0.25, -0.2) is 14.3 Å². The summed E-state index contributed by atoms with van der Waals surface area (Å²) in [4.78, 5) is 103. The molecule has 0 aliphatic heterocycles. The molecular weight excluding hydrogens is 729 g/mol. The number of carboxylic acid groups (broad SMARTS) is 1. The summed E-state index contributed by atoms with van der Waals surface area (Å²) in [6.07, 6.45) is 4.07. The highest BCUT2D eigenvalue weighted by atomic mass is 31.2. The van der Waals surface area contributed by atoms with E-state index in [1.165, 1.54) is 43.7 Å². The number of carbonyl (C=O) groups is 6. The SMILES string of the molecule is CC[C@H](NC(=O)[C@H](CCCCN)NC(=O)[C@H](C)NC(=O)[C@H](Cc1ccc(OP(=O)(O)O)cc1)NC(=O)[C@@H](NC(=O)[C@@H](N)Cc1cnc[nH]1)C(C)C)C(=O)O. The average molecular weight is 782 g/mol. The maximum atomic E-state index is 13.7. The number of imidazole rings is 1. The van der Waals surface area contributed by atoms with Gasteiger partial charge in [-0.05, 0) is 62.8 Å². The minimum Gasteiger partial charge on any atom is -0.480 e. The Labute approximate surface area is 312 Å². The van der Waals surface area contributed by atoms with Crippen molar-refractivity contribution in [3.05, 3.63) is 48.0 Å². The van der Waals surface area contributed by atoms with Crippen LogP contribution in [0.1, 0.15) is 64.6 Å². The number of aromatic amines is 1. The summed E-state index contributed by atoms with van der Waals surface area (Å²) in [7, 11) is -4.85. The summed E-state index contributed by atoms with van der Waals surface area (Å²) >= 11 is 0. The molecule has 0 aliphatic carbocycles. The van der Waals surface area contributed by atoms with Crippen LogP contribution in [-0.2, 0) is 46.2 Å². The van der Waals surface area contributed by atoms with Gasteiger partial charge in [0.15, 0.2) is 0 Å². The first kappa shape index (κ1) is 45.3. The van der Waals surface area contributed by atoms with E-state index in [4.69, 9.17) is 21.3 Å². The normalized spacial score (nSPS) is 14.8. The molecule has 0 unspecified atom stereocenters. The van der Waals surface area contributed by atoms with Gasteiger partial charge in [0.25, 0.3) is 0 Å². The van der Waals surface area contributed by atoms with Crippen LogP contribution in [0.25, 0.3) is 0 Å². The molecule has 0 spiro atoms. The predicted molar refractivity (Wildman–Crippen MR) is 194 cm³/mol. The largest absolute Gasteiger partial charge is 0.524 e. The number of unbranched alkanes of at least 4 members (excludes halogenated alkanes) is 1. The zero-order valence-corrected chi connectivity index (χ0v) is 31.5. The Morgan fingerprint density at radius 1 is 0.833 bits per heavy atom. The van der Waals surface area contributed by atoms with E-state index in [1.54, 1.807) is 20.8 Å². The van der Waals surface area contributed by atoms with Crippen LogP contribution in [0.3, 0.4) is 0 Å². The van der Waals surface area contributed by atoms with Gasteiger partial charge in [0.2, 0.25) is 29.5 Å². The Kier molecular flexibility index (Phi) is 18.2. The molecule has 13 N–H and O–H groups in total. The van der Waals surface area contributed by atoms with Crippen molar-refractivity contribution in [1.29, 1.82) is 0 Å². The lowest BCUT2D eigenvalue weighted by Gasteiger charge is -2.27. The Morgan fingerprint density at radius 2 is 1.44 bits per heavy atom. The number of nitrogens with one attached hydrogen (secondary N) is 6. The summed E-state index contributed by atoms with van der Waals surface area (Å²) in [6.45, 7) is 6.59. The van der Waals surface area contributed by atoms with Crippen molar-refractivity contribution in [3.8, 4) is 5.75 Å². The van der Waals surface area contributed by atoms with Gasteiger partial charge in [-0.3, -0.25) is 33.8 Å². The molecule has 54 heavy (non-hydrogen) atoms. The molecule has 20 nitrogen and oxygen atoms in total. The molecule has 1 heterocycles. The van der Waals surface area contributed by atoms with Crippen LogP contribution >= 0.6 is 7.82 Å². The first-order valence-corrected chi connectivity index (χ1v) is 18.9. The smallest absolute Gasteiger partial charge is 0.480 e. The Morgan fingerprint density at radius 3 is 1.98 bits per heavy atom. The first-order valence-electron chi connectivity index (χ1n) is 17.4. The van der Waals surface area contributed by atoms with E-state index in [-0.39, 0.29) is 31.4 Å². The molecule has 21 heteroatoms. The number of nitrogens with two attached hydrogens (primary N) is 2. The van der Waals surface area contributed by atoms with Crippen LogP contribution in [0.2, 0.25) is 0 Å². The van der Waals surface area contributed by atoms with Crippen molar-refractivity contribution in [2.24, 2.45) is 17.4 Å². The van der Waals surface area contributed by atoms with Gasteiger partial charge in [0.05, 0.1) is 12.4 Å². The maximum absolute atomic E-state index is 13.7. The van der Waals surface area contributed by atoms with Gasteiger partial charge in [-0.15, -0.1) is 0 Å². The van der Waals surface area contributed by atoms with Crippen LogP contribution in [0.15, 0.2) is 36.8 Å². The molecule has 0 radical (unpaired) electrons. The monoisotopic (exact) mass is 781 g/mol. The third-order valence-electron chi connectivity index (χ3n) is 8.15. The highest BCUT2D eigenvalue weighted by Gasteiger charge is 2.33. The van der Waals surface area contributed by atoms with Crippen LogP contribution in [0, 0.1) is 5.92 Å². The third-order valence-corrected chi connectivity index (χ3v) is 8.60. The van der Waals surface area contributed by atoms with E-state index in [2.05, 4.69) is 41.1 Å².